The van der Waals surface area contributed by atoms with Crippen LogP contribution in [-0.4, -0.2) is 127 Å². The van der Waals surface area contributed by atoms with Gasteiger partial charge in [0.2, 0.25) is 23.6 Å². The maximum absolute atomic E-state index is 14.5. The topological polar surface area (TPSA) is 193 Å². The van der Waals surface area contributed by atoms with Crippen LogP contribution >= 0.6 is 0 Å². The lowest BCUT2D eigenvalue weighted by molar-refractivity contribution is -0.148. The quantitative estimate of drug-likeness (QED) is 0.115. The number of carbonyl (C=O) groups is 5. The maximum Gasteiger partial charge on any atom is 0.410 e. The fourth-order valence-corrected chi connectivity index (χ4v) is 8.55. The third kappa shape index (κ3) is 13.4. The van der Waals surface area contributed by atoms with E-state index in [0.29, 0.717) is 30.6 Å². The molecule has 0 radical (unpaired) electrons. The summed E-state index contributed by atoms with van der Waals surface area (Å²) in [4.78, 5) is 74.2. The van der Waals surface area contributed by atoms with Gasteiger partial charge in [-0.05, 0) is 60.8 Å². The summed E-state index contributed by atoms with van der Waals surface area (Å²) < 4.78 is 17.5. The lowest BCUT2D eigenvalue weighted by Crippen LogP contribution is -2.60. The Morgan fingerprint density at radius 3 is 2.03 bits per heavy atom. The van der Waals surface area contributed by atoms with Crippen LogP contribution in [0.2, 0.25) is 0 Å². The average Bonchev–Trinajstić information content (AvgIpc) is 3.74. The molecule has 1 fully saturated rings. The number of hydrogen-bond donors (Lipinski definition) is 4. The predicted molar refractivity (Wildman–Crippen MR) is 239 cm³/mol. The van der Waals surface area contributed by atoms with Gasteiger partial charge in [-0.25, -0.2) is 4.79 Å². The number of nitrogens with one attached hydrogen (secondary N) is 2. The lowest BCUT2D eigenvalue weighted by Gasteiger charge is -2.41. The van der Waals surface area contributed by atoms with Crippen molar-refractivity contribution < 1.29 is 43.3 Å². The van der Waals surface area contributed by atoms with Gasteiger partial charge in [-0.3, -0.25) is 24.1 Å². The number of hydrogen-bond acceptors (Lipinski definition) is 10. The molecule has 3 rings (SSSR count). The van der Waals surface area contributed by atoms with Gasteiger partial charge in [0.15, 0.2) is 0 Å². The number of nitrogens with zero attached hydrogens (tertiary/aromatic N) is 3. The van der Waals surface area contributed by atoms with Crippen molar-refractivity contribution in [2.45, 2.75) is 136 Å². The molecular weight excluding hydrogens is 793 g/mol. The summed E-state index contributed by atoms with van der Waals surface area (Å²) in [6, 6.07) is 12.7. The number of carbonyl (C=O) groups excluding carboxylic acids is 5. The molecule has 0 spiro atoms. The molecule has 0 aliphatic carbocycles. The Kier molecular flexibility index (Phi) is 20.2. The number of benzene rings is 2. The number of aliphatic hydroxyl groups is 1. The highest BCUT2D eigenvalue weighted by molar-refractivity contribution is 5.91. The third-order valence-corrected chi connectivity index (χ3v) is 12.4. The van der Waals surface area contributed by atoms with E-state index >= 15 is 0 Å². The molecule has 2 aromatic carbocycles. The minimum atomic E-state index is -0.956. The molecule has 1 aliphatic heterocycles. The third-order valence-electron chi connectivity index (χ3n) is 12.4. The van der Waals surface area contributed by atoms with Crippen molar-refractivity contribution in [1.29, 1.82) is 0 Å². The zero-order valence-electron chi connectivity index (χ0n) is 39.0. The van der Waals surface area contributed by atoms with Crippen LogP contribution in [0.25, 0.3) is 0 Å². The van der Waals surface area contributed by atoms with E-state index in [4.69, 9.17) is 19.9 Å². The summed E-state index contributed by atoms with van der Waals surface area (Å²) in [6.07, 6.45) is -0.909. The van der Waals surface area contributed by atoms with Crippen molar-refractivity contribution in [3.05, 3.63) is 65.7 Å². The Balaban J connectivity index is 1.75. The van der Waals surface area contributed by atoms with Crippen molar-refractivity contribution in [3.8, 4) is 0 Å². The molecule has 0 aromatic heterocycles. The van der Waals surface area contributed by atoms with Crippen LogP contribution in [0, 0.1) is 23.7 Å². The first-order valence-corrected chi connectivity index (χ1v) is 22.0. The zero-order chi connectivity index (χ0) is 46.4. The Hall–Kier alpha value is -4.73. The predicted octanol–water partition coefficient (Wildman–Crippen LogP) is 5.16. The minimum Gasteiger partial charge on any atom is -0.445 e. The largest absolute Gasteiger partial charge is 0.445 e. The monoisotopic (exact) mass is 867 g/mol. The molecule has 1 aliphatic rings. The van der Waals surface area contributed by atoms with Gasteiger partial charge in [0.05, 0.1) is 48.8 Å². The van der Waals surface area contributed by atoms with Gasteiger partial charge < -0.3 is 45.5 Å². The van der Waals surface area contributed by atoms with Gasteiger partial charge in [0, 0.05) is 40.5 Å². The van der Waals surface area contributed by atoms with Crippen molar-refractivity contribution in [2.75, 3.05) is 40.6 Å². The lowest BCUT2D eigenvalue weighted by atomic mass is 9.89. The molecule has 10 atom stereocenters. The van der Waals surface area contributed by atoms with Crippen molar-refractivity contribution >= 4 is 35.4 Å². The van der Waals surface area contributed by atoms with Crippen molar-refractivity contribution in [2.24, 2.45) is 23.7 Å². The van der Waals surface area contributed by atoms with Crippen LogP contribution < -0.4 is 16.4 Å². The first-order chi connectivity index (χ1) is 29.3. The highest BCUT2D eigenvalue weighted by atomic mass is 16.6. The van der Waals surface area contributed by atoms with Crippen LogP contribution in [0.5, 0.6) is 0 Å². The molecule has 2 aromatic rings. The first kappa shape index (κ1) is 51.6. The molecule has 346 valence electrons. The maximum atomic E-state index is 14.5. The fourth-order valence-electron chi connectivity index (χ4n) is 8.55. The fraction of sp³-hybridized carbons (Fsp3) is 0.638. The van der Waals surface area contributed by atoms with Gasteiger partial charge in [-0.15, -0.1) is 0 Å². The van der Waals surface area contributed by atoms with E-state index in [9.17, 15) is 29.1 Å². The second-order valence-electron chi connectivity index (χ2n) is 17.6. The molecule has 0 saturated carbocycles. The van der Waals surface area contributed by atoms with Crippen molar-refractivity contribution in [1.82, 2.24) is 25.3 Å². The zero-order valence-corrected chi connectivity index (χ0v) is 39.0. The normalized spacial score (nSPS) is 18.4. The van der Waals surface area contributed by atoms with Crippen LogP contribution in [0.3, 0.4) is 0 Å². The summed E-state index contributed by atoms with van der Waals surface area (Å²) in [6.45, 7) is 15.3. The SMILES string of the molecule is CC[C@H](C)[C@H](C(CC(=O)N1CCC[C@H]1C(OC)C(C)C(=O)NC(C)C(O)c1ccccc1)OC)N(C)C(=O)[C@@H](NC(=O)C(C(C)C)N(C)C(=O)OCc1ccc(N)cc1)C(C)C. The van der Waals surface area contributed by atoms with E-state index in [1.54, 1.807) is 67.1 Å². The number of nitrogens with two attached hydrogens (primary N) is 1. The summed E-state index contributed by atoms with van der Waals surface area (Å²) in [7, 11) is 6.24. The van der Waals surface area contributed by atoms with E-state index in [2.05, 4.69) is 10.6 Å². The Morgan fingerprint density at radius 2 is 1.48 bits per heavy atom. The summed E-state index contributed by atoms with van der Waals surface area (Å²) in [5.41, 5.74) is 7.80. The molecule has 1 saturated heterocycles. The van der Waals surface area contributed by atoms with E-state index in [-0.39, 0.29) is 54.5 Å². The average molecular weight is 867 g/mol. The van der Waals surface area contributed by atoms with Crippen LogP contribution in [0.4, 0.5) is 10.5 Å². The highest BCUT2D eigenvalue weighted by Gasteiger charge is 2.43. The number of aliphatic hydroxyl groups excluding tert-OH is 1. The molecule has 6 unspecified atom stereocenters. The number of rotatable bonds is 22. The Labute approximate surface area is 369 Å². The first-order valence-electron chi connectivity index (χ1n) is 22.0. The molecule has 5 amide bonds. The van der Waals surface area contributed by atoms with Crippen LogP contribution in [0.15, 0.2) is 54.6 Å². The number of likely N-dealkylation sites (N-methyl/N-ethyl adjacent to an activating group) is 2. The Bertz CT molecular complexity index is 1740. The summed E-state index contributed by atoms with van der Waals surface area (Å²) in [5.74, 6) is -2.72. The number of nitrogen functional groups attached to an aromatic ring is 1. The summed E-state index contributed by atoms with van der Waals surface area (Å²) >= 11 is 0. The number of anilines is 1. The van der Waals surface area contributed by atoms with E-state index in [1.807, 2.05) is 59.7 Å². The molecule has 62 heavy (non-hydrogen) atoms. The van der Waals surface area contributed by atoms with Gasteiger partial charge in [0.1, 0.15) is 18.7 Å². The molecule has 1 heterocycles. The molecule has 5 N–H and O–H groups in total. The van der Waals surface area contributed by atoms with E-state index < -0.39 is 60.4 Å². The Morgan fingerprint density at radius 1 is 0.855 bits per heavy atom. The second kappa shape index (κ2) is 24.2. The number of methoxy groups -OCH3 is 2. The van der Waals surface area contributed by atoms with Gasteiger partial charge in [-0.2, -0.15) is 0 Å². The van der Waals surface area contributed by atoms with Gasteiger partial charge in [-0.1, -0.05) is 97.4 Å². The molecule has 0 bridgehead atoms. The van der Waals surface area contributed by atoms with E-state index in [0.717, 1.165) is 12.0 Å². The molecular formula is C47H74N6O9. The highest BCUT2D eigenvalue weighted by Crippen LogP contribution is 2.30. The van der Waals surface area contributed by atoms with Crippen LogP contribution in [-0.2, 0) is 40.0 Å². The van der Waals surface area contributed by atoms with Gasteiger partial charge in [0.25, 0.3) is 0 Å². The number of amides is 5. The minimum absolute atomic E-state index is 0.00367. The number of ether oxygens (including phenoxy) is 3. The summed E-state index contributed by atoms with van der Waals surface area (Å²) in [5, 5.41) is 16.8. The number of likely N-dealkylation sites (tertiary alicyclic amines) is 1. The second-order valence-corrected chi connectivity index (χ2v) is 17.6. The van der Waals surface area contributed by atoms with Crippen LogP contribution in [0.1, 0.15) is 98.3 Å². The van der Waals surface area contributed by atoms with E-state index in [1.165, 1.54) is 26.2 Å². The van der Waals surface area contributed by atoms with Gasteiger partial charge >= 0.3 is 6.09 Å². The molecule has 15 nitrogen and oxygen atoms in total. The standard InChI is InChI=1S/C47H74N6O9/c1-13-30(6)41(51(9)46(58)39(28(2)3)50-45(57)40(29(4)5)52(10)47(59)62-27-33-21-23-35(48)24-22-33)37(60-11)26-38(54)53-25-17-20-36(53)43(61-12)31(7)44(56)49-32(8)42(55)34-18-15-14-16-19-34/h14-16,18-19,21-24,28-32,36-37,39-43,55H,13,17,20,25-27,48H2,1-12H3,(H,49,56)(H,50,57)/t30-,31?,32?,36-,37?,39-,40?,41+,42?,43?/m0/s1. The smallest absolute Gasteiger partial charge is 0.410 e. The van der Waals surface area contributed by atoms with Crippen molar-refractivity contribution in [3.63, 3.8) is 0 Å². The molecule has 15 heteroatoms.